The third-order valence-electron chi connectivity index (χ3n) is 11.0. The van der Waals surface area contributed by atoms with E-state index in [1.165, 1.54) is 27.2 Å². The van der Waals surface area contributed by atoms with Gasteiger partial charge in [-0.25, -0.2) is 0 Å². The zero-order valence-electron chi connectivity index (χ0n) is 33.5. The third kappa shape index (κ3) is 12.2. The Hall–Kier alpha value is -2.15. The molecule has 16 atom stereocenters. The minimum atomic E-state index is -1.54. The highest BCUT2D eigenvalue weighted by molar-refractivity contribution is 5.91. The maximum Gasteiger partial charge on any atom is 0.308 e. The molecule has 0 aromatic carbocycles. The summed E-state index contributed by atoms with van der Waals surface area (Å²) in [5.74, 6) is -4.96. The van der Waals surface area contributed by atoms with Crippen LogP contribution in [0.15, 0.2) is 23.8 Å². The smallest absolute Gasteiger partial charge is 0.308 e. The van der Waals surface area contributed by atoms with Crippen LogP contribution in [0.4, 0.5) is 0 Å². The Kier molecular flexibility index (Phi) is 17.9. The first-order valence-corrected chi connectivity index (χ1v) is 19.0. The van der Waals surface area contributed by atoms with Crippen molar-refractivity contribution in [2.45, 2.75) is 147 Å². The third-order valence-corrected chi connectivity index (χ3v) is 11.0. The predicted molar refractivity (Wildman–Crippen MR) is 196 cm³/mol. The number of cyclic esters (lactones) is 1. The summed E-state index contributed by atoms with van der Waals surface area (Å²) >= 11 is 0. The molecule has 15 heteroatoms. The lowest BCUT2D eigenvalue weighted by atomic mass is 9.79. The summed E-state index contributed by atoms with van der Waals surface area (Å²) < 4.78 is 41.5. The molecule has 0 saturated carbocycles. The standard InChI is InChI=1S/C39H65NO14/c1-11-29-26(20-50-38-36(49-10)30(48-9)19-39(6,47)54-38)16-21(2)12-13-27(42)22(3)17-25(14-15-41)35(23(4)28(43)18-31(44)52-29)53-37-34(46)32(40(7)8)33(45)24(5)51-37/h12-13,15-16,22-26,28-30,32-38,43,45-47H,11,14,17-20H2,1-10H3/b13-12+,21-16+. The molecule has 16 unspecified atom stereocenters. The topological polar surface area (TPSA) is 200 Å². The normalized spacial score (nSPS) is 43.6. The quantitative estimate of drug-likeness (QED) is 0.175. The molecular weight excluding hydrogens is 706 g/mol. The molecule has 3 rings (SSSR count). The Balaban J connectivity index is 1.97. The molecule has 0 amide bonds. The van der Waals surface area contributed by atoms with E-state index >= 15 is 0 Å². The lowest BCUT2D eigenvalue weighted by Gasteiger charge is -2.46. The molecule has 4 N–H and O–H groups in total. The second-order valence-corrected chi connectivity index (χ2v) is 15.6. The number of methoxy groups -OCH3 is 2. The van der Waals surface area contributed by atoms with Crippen LogP contribution in [0.3, 0.4) is 0 Å². The number of carbonyl (C=O) groups excluding carboxylic acids is 3. The molecule has 3 heterocycles. The highest BCUT2D eigenvalue weighted by Gasteiger charge is 2.48. The zero-order chi connectivity index (χ0) is 40.5. The van der Waals surface area contributed by atoms with Crippen LogP contribution in [-0.2, 0) is 47.5 Å². The fourth-order valence-corrected chi connectivity index (χ4v) is 7.76. The molecular formula is C39H65NO14. The number of esters is 1. The number of likely N-dealkylation sites (N-methyl/N-ethyl adjacent to an activating group) is 1. The van der Waals surface area contributed by atoms with E-state index in [1.807, 2.05) is 13.0 Å². The number of aldehydes is 1. The Bertz CT molecular complexity index is 1270. The maximum atomic E-state index is 13.6. The lowest BCUT2D eigenvalue weighted by molar-refractivity contribution is -0.357. The predicted octanol–water partition coefficient (Wildman–Crippen LogP) is 1.91. The van der Waals surface area contributed by atoms with Crippen molar-refractivity contribution < 1.29 is 68.0 Å². The highest BCUT2D eigenvalue weighted by atomic mass is 16.8. The van der Waals surface area contributed by atoms with Gasteiger partial charge >= 0.3 is 5.97 Å². The van der Waals surface area contributed by atoms with Crippen molar-refractivity contribution in [1.29, 1.82) is 0 Å². The van der Waals surface area contributed by atoms with Gasteiger partial charge in [0.15, 0.2) is 24.2 Å². The van der Waals surface area contributed by atoms with Gasteiger partial charge in [0.2, 0.25) is 0 Å². The molecule has 2 fully saturated rings. The zero-order valence-corrected chi connectivity index (χ0v) is 33.5. The van der Waals surface area contributed by atoms with E-state index in [1.54, 1.807) is 52.8 Å². The van der Waals surface area contributed by atoms with Crippen LogP contribution in [0.5, 0.6) is 0 Å². The average molecular weight is 772 g/mol. The van der Waals surface area contributed by atoms with Crippen molar-refractivity contribution in [2.75, 3.05) is 34.9 Å². The van der Waals surface area contributed by atoms with Gasteiger partial charge in [-0.15, -0.1) is 0 Å². The van der Waals surface area contributed by atoms with E-state index in [-0.39, 0.29) is 31.7 Å². The number of hydrogen-bond donors (Lipinski definition) is 4. The first-order valence-electron chi connectivity index (χ1n) is 19.0. The fraction of sp³-hybridized carbons (Fsp3) is 0.821. The number of allylic oxidation sites excluding steroid dienone is 3. The minimum Gasteiger partial charge on any atom is -0.462 e. The van der Waals surface area contributed by atoms with Gasteiger partial charge in [0, 0.05) is 44.8 Å². The summed E-state index contributed by atoms with van der Waals surface area (Å²) in [5.41, 5.74) is 0.690. The van der Waals surface area contributed by atoms with Gasteiger partial charge < -0.3 is 63.3 Å². The van der Waals surface area contributed by atoms with Gasteiger partial charge in [-0.1, -0.05) is 38.5 Å². The van der Waals surface area contributed by atoms with E-state index < -0.39 is 109 Å². The van der Waals surface area contributed by atoms with E-state index in [9.17, 15) is 34.8 Å². The molecule has 2 saturated heterocycles. The summed E-state index contributed by atoms with van der Waals surface area (Å²) in [5, 5.41) is 44.4. The van der Waals surface area contributed by atoms with Crippen LogP contribution in [-0.4, -0.2) is 152 Å². The van der Waals surface area contributed by atoms with E-state index in [0.717, 1.165) is 6.29 Å². The van der Waals surface area contributed by atoms with Crippen LogP contribution in [0.1, 0.15) is 73.6 Å². The van der Waals surface area contributed by atoms with Crippen LogP contribution < -0.4 is 0 Å². The second-order valence-electron chi connectivity index (χ2n) is 15.6. The summed E-state index contributed by atoms with van der Waals surface area (Å²) in [4.78, 5) is 40.8. The van der Waals surface area contributed by atoms with Gasteiger partial charge in [-0.3, -0.25) is 9.59 Å². The SMILES string of the molecule is CCC1OC(=O)CC(O)C(C)C(OC2OC(C)C(O)C(N(C)C)C2O)C(CC=O)CC(C)C(=O)/C=C/C(C)=C/C1COC1OC(C)(O)CC(OC)C1OC. The minimum absolute atomic E-state index is 0.0224. The summed E-state index contributed by atoms with van der Waals surface area (Å²) in [7, 11) is 6.43. The molecule has 0 radical (unpaired) electrons. The molecule has 0 aromatic heterocycles. The average Bonchev–Trinajstić information content (AvgIpc) is 3.10. The number of hydrogen-bond acceptors (Lipinski definition) is 15. The molecule has 0 aromatic rings. The first kappa shape index (κ1) is 46.2. The number of ketones is 1. The van der Waals surface area contributed by atoms with E-state index in [4.69, 9.17) is 33.2 Å². The van der Waals surface area contributed by atoms with Crippen LogP contribution in [0.25, 0.3) is 0 Å². The van der Waals surface area contributed by atoms with Crippen LogP contribution >= 0.6 is 0 Å². The van der Waals surface area contributed by atoms with Crippen molar-refractivity contribution in [3.63, 3.8) is 0 Å². The van der Waals surface area contributed by atoms with Crippen molar-refractivity contribution >= 4 is 18.0 Å². The second kappa shape index (κ2) is 20.8. The molecule has 0 spiro atoms. The van der Waals surface area contributed by atoms with Gasteiger partial charge in [-0.05, 0) is 59.7 Å². The van der Waals surface area contributed by atoms with Crippen molar-refractivity contribution in [3.8, 4) is 0 Å². The monoisotopic (exact) mass is 771 g/mol. The summed E-state index contributed by atoms with van der Waals surface area (Å²) in [6.07, 6.45) is -3.55. The number of aliphatic hydroxyl groups is 4. The number of ether oxygens (including phenoxy) is 7. The van der Waals surface area contributed by atoms with Gasteiger partial charge in [0.05, 0.1) is 49.6 Å². The van der Waals surface area contributed by atoms with Gasteiger partial charge in [0.25, 0.3) is 0 Å². The van der Waals surface area contributed by atoms with Crippen molar-refractivity contribution in [1.82, 2.24) is 4.90 Å². The number of carbonyl (C=O) groups is 3. The maximum absolute atomic E-state index is 13.6. The van der Waals surface area contributed by atoms with Crippen molar-refractivity contribution in [3.05, 3.63) is 23.8 Å². The lowest BCUT2D eigenvalue weighted by Crippen LogP contribution is -2.63. The van der Waals surface area contributed by atoms with E-state index in [0.29, 0.717) is 12.0 Å². The summed E-state index contributed by atoms with van der Waals surface area (Å²) in [6.45, 7) is 10.2. The Labute approximate surface area is 319 Å². The molecule has 0 bridgehead atoms. The van der Waals surface area contributed by atoms with Crippen LogP contribution in [0.2, 0.25) is 0 Å². The Morgan fingerprint density at radius 1 is 1.02 bits per heavy atom. The molecule has 3 aliphatic heterocycles. The van der Waals surface area contributed by atoms with Crippen molar-refractivity contribution in [2.24, 2.45) is 23.7 Å². The van der Waals surface area contributed by atoms with Gasteiger partial charge in [0.1, 0.15) is 24.6 Å². The van der Waals surface area contributed by atoms with Crippen LogP contribution in [0, 0.1) is 23.7 Å². The fourth-order valence-electron chi connectivity index (χ4n) is 7.76. The molecule has 310 valence electrons. The first-order chi connectivity index (χ1) is 25.4. The molecule has 54 heavy (non-hydrogen) atoms. The van der Waals surface area contributed by atoms with E-state index in [2.05, 4.69) is 0 Å². The number of aliphatic hydroxyl groups excluding tert-OH is 3. The Morgan fingerprint density at radius 2 is 1.70 bits per heavy atom. The summed E-state index contributed by atoms with van der Waals surface area (Å²) in [6, 6.07) is -0.742. The Morgan fingerprint density at radius 3 is 2.30 bits per heavy atom. The van der Waals surface area contributed by atoms with Gasteiger partial charge in [-0.2, -0.15) is 0 Å². The highest BCUT2D eigenvalue weighted by Crippen LogP contribution is 2.35. The largest absolute Gasteiger partial charge is 0.462 e. The number of rotatable bonds is 11. The molecule has 0 aliphatic carbocycles. The number of nitrogens with zero attached hydrogens (tertiary/aromatic N) is 1. The molecule has 15 nitrogen and oxygen atoms in total. The molecule has 3 aliphatic rings.